The monoisotopic (exact) mass is 765 g/mol. The molecule has 4 heterocycles. The standard InChI is InChI=1S/C52H35N3S2/c1-51(2)38-21-10-9-20-36(38)37-29-43-47(30-42(37)51)55(46-23-12-11-22-39(46)52(43)40-24-26-56-48(40)49-41(52)25-27-57-49)35-19-13-18-34(28-35)50-53-44(32-14-5-3-6-15-32)31-45(54-50)33-16-7-4-8-17-33/h3-31H,1-2H3. The minimum atomic E-state index is -0.445. The van der Waals surface area contributed by atoms with Crippen molar-refractivity contribution in [2.45, 2.75) is 24.7 Å². The minimum Gasteiger partial charge on any atom is -0.310 e. The van der Waals surface area contributed by atoms with Gasteiger partial charge in [-0.25, -0.2) is 9.97 Å². The van der Waals surface area contributed by atoms with Gasteiger partial charge in [-0.3, -0.25) is 0 Å². The van der Waals surface area contributed by atoms with E-state index in [-0.39, 0.29) is 5.41 Å². The SMILES string of the molecule is CC1(C)c2ccccc2-c2cc3c(cc21)N(c1cccc(-c2nc(-c4ccccc4)cc(-c4ccccc4)n2)c1)c1ccccc1C31c2ccsc2-c2sccc21. The zero-order chi connectivity index (χ0) is 37.9. The van der Waals surface area contributed by atoms with Crippen molar-refractivity contribution < 1.29 is 0 Å². The van der Waals surface area contributed by atoms with Gasteiger partial charge in [0.15, 0.2) is 5.82 Å². The Morgan fingerprint density at radius 2 is 1.04 bits per heavy atom. The Hall–Kier alpha value is -6.40. The average molecular weight is 766 g/mol. The third-order valence-electron chi connectivity index (χ3n) is 12.5. The number of hydrogen-bond donors (Lipinski definition) is 0. The first-order chi connectivity index (χ1) is 28.0. The van der Waals surface area contributed by atoms with Crippen LogP contribution in [0.1, 0.15) is 47.2 Å². The van der Waals surface area contributed by atoms with Crippen molar-refractivity contribution in [1.29, 1.82) is 0 Å². The van der Waals surface area contributed by atoms with Gasteiger partial charge in [-0.1, -0.05) is 129 Å². The van der Waals surface area contributed by atoms with Gasteiger partial charge in [-0.05, 0) is 104 Å². The number of nitrogens with zero attached hydrogens (tertiary/aromatic N) is 3. The van der Waals surface area contributed by atoms with Crippen LogP contribution in [0.15, 0.2) is 175 Å². The van der Waals surface area contributed by atoms with Gasteiger partial charge in [0.1, 0.15) is 0 Å². The van der Waals surface area contributed by atoms with E-state index >= 15 is 0 Å². The van der Waals surface area contributed by atoms with E-state index in [0.29, 0.717) is 5.82 Å². The highest BCUT2D eigenvalue weighted by molar-refractivity contribution is 7.21. The highest BCUT2D eigenvalue weighted by atomic mass is 32.1. The first-order valence-electron chi connectivity index (χ1n) is 19.5. The maximum atomic E-state index is 5.23. The zero-order valence-corrected chi connectivity index (χ0v) is 33.0. The van der Waals surface area contributed by atoms with Crippen LogP contribution in [-0.2, 0) is 10.8 Å². The van der Waals surface area contributed by atoms with Gasteiger partial charge in [0.25, 0.3) is 0 Å². The number of aromatic nitrogens is 2. The molecule has 0 fully saturated rings. The molecule has 0 radical (unpaired) electrons. The van der Waals surface area contributed by atoms with E-state index in [1.165, 1.54) is 65.6 Å². The summed E-state index contributed by atoms with van der Waals surface area (Å²) in [7, 11) is 0. The molecule has 270 valence electrons. The van der Waals surface area contributed by atoms with Crippen molar-refractivity contribution >= 4 is 39.7 Å². The van der Waals surface area contributed by atoms with E-state index < -0.39 is 5.41 Å². The van der Waals surface area contributed by atoms with Crippen LogP contribution < -0.4 is 4.90 Å². The van der Waals surface area contributed by atoms with E-state index in [4.69, 9.17) is 9.97 Å². The van der Waals surface area contributed by atoms with Gasteiger partial charge in [-0.15, -0.1) is 22.7 Å². The zero-order valence-electron chi connectivity index (χ0n) is 31.4. The molecule has 0 bridgehead atoms. The first kappa shape index (κ1) is 32.8. The highest BCUT2D eigenvalue weighted by Crippen LogP contribution is 2.67. The van der Waals surface area contributed by atoms with Crippen molar-refractivity contribution in [1.82, 2.24) is 9.97 Å². The number of thiophene rings is 2. The largest absolute Gasteiger partial charge is 0.310 e. The Morgan fingerprint density at radius 3 is 1.72 bits per heavy atom. The second-order valence-corrected chi connectivity index (χ2v) is 17.6. The van der Waals surface area contributed by atoms with Gasteiger partial charge in [0.2, 0.25) is 0 Å². The molecule has 57 heavy (non-hydrogen) atoms. The maximum Gasteiger partial charge on any atom is 0.160 e. The molecular formula is C52H35N3S2. The Morgan fingerprint density at radius 1 is 0.439 bits per heavy atom. The predicted octanol–water partition coefficient (Wildman–Crippen LogP) is 14.1. The van der Waals surface area contributed by atoms with Gasteiger partial charge in [0, 0.05) is 37.5 Å². The average Bonchev–Trinajstić information content (AvgIpc) is 4.04. The van der Waals surface area contributed by atoms with Crippen molar-refractivity contribution in [3.63, 3.8) is 0 Å². The van der Waals surface area contributed by atoms with Crippen LogP contribution in [0.2, 0.25) is 0 Å². The fraction of sp³-hybridized carbons (Fsp3) is 0.0769. The van der Waals surface area contributed by atoms with Crippen LogP contribution in [0.3, 0.4) is 0 Å². The number of anilines is 3. The number of fused-ring (bicyclic) bond motifs is 12. The lowest BCUT2D eigenvalue weighted by Crippen LogP contribution is -2.36. The maximum absolute atomic E-state index is 5.23. The number of hydrogen-bond acceptors (Lipinski definition) is 5. The molecule has 0 unspecified atom stereocenters. The molecule has 1 spiro atoms. The quantitative estimate of drug-likeness (QED) is 0.179. The normalized spacial score (nSPS) is 14.7. The first-order valence-corrected chi connectivity index (χ1v) is 21.2. The third-order valence-corrected chi connectivity index (χ3v) is 14.5. The molecule has 1 aliphatic heterocycles. The van der Waals surface area contributed by atoms with E-state index in [9.17, 15) is 0 Å². The molecule has 0 N–H and O–H groups in total. The highest BCUT2D eigenvalue weighted by Gasteiger charge is 2.54. The third kappa shape index (κ3) is 4.52. The molecule has 9 aromatic rings. The molecule has 0 saturated heterocycles. The molecule has 6 aromatic carbocycles. The lowest BCUT2D eigenvalue weighted by molar-refractivity contribution is 0.658. The molecule has 12 rings (SSSR count). The molecule has 3 nitrogen and oxygen atoms in total. The van der Waals surface area contributed by atoms with Crippen LogP contribution in [0.5, 0.6) is 0 Å². The van der Waals surface area contributed by atoms with Gasteiger partial charge in [-0.2, -0.15) is 0 Å². The van der Waals surface area contributed by atoms with E-state index in [0.717, 1.165) is 33.8 Å². The fourth-order valence-corrected chi connectivity index (χ4v) is 12.0. The summed E-state index contributed by atoms with van der Waals surface area (Å²) in [6, 6.07) is 59.7. The van der Waals surface area contributed by atoms with Crippen molar-refractivity contribution in [2.24, 2.45) is 0 Å². The van der Waals surface area contributed by atoms with Crippen LogP contribution >= 0.6 is 22.7 Å². The van der Waals surface area contributed by atoms with E-state index in [1.807, 2.05) is 34.8 Å². The Bertz CT molecular complexity index is 2970. The number of para-hydroxylation sites is 1. The Labute approximate surface area is 340 Å². The molecule has 3 aromatic heterocycles. The summed E-state index contributed by atoms with van der Waals surface area (Å²) in [5, 5.41) is 4.57. The summed E-state index contributed by atoms with van der Waals surface area (Å²) >= 11 is 3.74. The van der Waals surface area contributed by atoms with Gasteiger partial charge < -0.3 is 4.90 Å². The summed E-state index contributed by atoms with van der Waals surface area (Å²) in [5.74, 6) is 0.700. The predicted molar refractivity (Wildman–Crippen MR) is 237 cm³/mol. The Balaban J connectivity index is 1.12. The van der Waals surface area contributed by atoms with E-state index in [2.05, 4.69) is 181 Å². The molecule has 0 amide bonds. The number of benzene rings is 6. The van der Waals surface area contributed by atoms with Crippen LogP contribution in [0.4, 0.5) is 17.1 Å². The van der Waals surface area contributed by atoms with Gasteiger partial charge >= 0.3 is 0 Å². The lowest BCUT2D eigenvalue weighted by Gasteiger charge is -2.45. The number of rotatable bonds is 4. The molecule has 3 aliphatic rings. The van der Waals surface area contributed by atoms with Crippen molar-refractivity contribution in [3.05, 3.63) is 208 Å². The summed E-state index contributed by atoms with van der Waals surface area (Å²) in [6.07, 6.45) is 0. The van der Waals surface area contributed by atoms with Gasteiger partial charge in [0.05, 0.1) is 28.2 Å². The summed E-state index contributed by atoms with van der Waals surface area (Å²) in [4.78, 5) is 15.8. The van der Waals surface area contributed by atoms with Crippen LogP contribution in [0.25, 0.3) is 54.8 Å². The molecule has 5 heteroatoms. The van der Waals surface area contributed by atoms with Crippen molar-refractivity contribution in [3.8, 4) is 54.8 Å². The molecular weight excluding hydrogens is 731 g/mol. The molecule has 0 saturated carbocycles. The topological polar surface area (TPSA) is 29.0 Å². The second kappa shape index (κ2) is 12.1. The lowest BCUT2D eigenvalue weighted by atomic mass is 9.64. The van der Waals surface area contributed by atoms with Crippen LogP contribution in [-0.4, -0.2) is 9.97 Å². The second-order valence-electron chi connectivity index (χ2n) is 15.8. The van der Waals surface area contributed by atoms with Crippen LogP contribution in [0, 0.1) is 0 Å². The smallest absolute Gasteiger partial charge is 0.160 e. The summed E-state index contributed by atoms with van der Waals surface area (Å²) in [5.41, 5.74) is 18.6. The fourth-order valence-electron chi connectivity index (χ4n) is 9.92. The van der Waals surface area contributed by atoms with Crippen molar-refractivity contribution in [2.75, 3.05) is 4.90 Å². The Kier molecular flexibility index (Phi) is 6.94. The minimum absolute atomic E-state index is 0.158. The summed E-state index contributed by atoms with van der Waals surface area (Å²) in [6.45, 7) is 4.76. The summed E-state index contributed by atoms with van der Waals surface area (Å²) < 4.78 is 0. The molecule has 2 aliphatic carbocycles. The molecule has 0 atom stereocenters. The van der Waals surface area contributed by atoms with E-state index in [1.54, 1.807) is 0 Å².